The Morgan fingerprint density at radius 1 is 1.21 bits per heavy atom. The first-order chi connectivity index (χ1) is 13.6. The minimum Gasteiger partial charge on any atom is -0.447 e. The fourth-order valence-corrected chi connectivity index (χ4v) is 6.00. The van der Waals surface area contributed by atoms with Crippen molar-refractivity contribution >= 4 is 34.9 Å². The van der Waals surface area contributed by atoms with Crippen molar-refractivity contribution in [2.24, 2.45) is 0 Å². The largest absolute Gasteiger partial charge is 0.447 e. The van der Waals surface area contributed by atoms with E-state index in [2.05, 4.69) is 17.4 Å². The molecule has 4 nitrogen and oxygen atoms in total. The highest BCUT2D eigenvalue weighted by atomic mass is 32.2. The van der Waals surface area contributed by atoms with Gasteiger partial charge in [0.25, 0.3) is 0 Å². The number of rotatable bonds is 6. The standard InChI is InChI=1S/C22H28N2O2S2/c1-14(2)26-22(25)24-16-8-11-18(19(12-16)27-17-9-10-17)20-13-23-21(28-20)15-6-4-3-5-7-15/h8,11-15,17H,3-7,9-10H2,1-2H3,(H,24,25). The van der Waals surface area contributed by atoms with Gasteiger partial charge in [0.05, 0.1) is 16.0 Å². The summed E-state index contributed by atoms with van der Waals surface area (Å²) < 4.78 is 5.21. The maximum atomic E-state index is 12.0. The van der Waals surface area contributed by atoms with Gasteiger partial charge in [0, 0.05) is 33.5 Å². The number of carbonyl (C=O) groups is 1. The molecule has 1 heterocycles. The molecule has 4 rings (SSSR count). The third kappa shape index (κ3) is 5.09. The number of amides is 1. The average molecular weight is 417 g/mol. The van der Waals surface area contributed by atoms with E-state index in [4.69, 9.17) is 9.72 Å². The molecule has 28 heavy (non-hydrogen) atoms. The Bertz CT molecular complexity index is 824. The summed E-state index contributed by atoms with van der Waals surface area (Å²) >= 11 is 3.76. The second kappa shape index (κ2) is 8.87. The predicted molar refractivity (Wildman–Crippen MR) is 117 cm³/mol. The van der Waals surface area contributed by atoms with Gasteiger partial charge >= 0.3 is 6.09 Å². The van der Waals surface area contributed by atoms with Crippen LogP contribution in [0.3, 0.4) is 0 Å². The number of thioether (sulfide) groups is 1. The van der Waals surface area contributed by atoms with Crippen molar-refractivity contribution in [1.29, 1.82) is 0 Å². The van der Waals surface area contributed by atoms with E-state index < -0.39 is 6.09 Å². The van der Waals surface area contributed by atoms with Gasteiger partial charge in [-0.05, 0) is 51.7 Å². The Morgan fingerprint density at radius 2 is 2.00 bits per heavy atom. The summed E-state index contributed by atoms with van der Waals surface area (Å²) in [7, 11) is 0. The van der Waals surface area contributed by atoms with Crippen LogP contribution in [0.2, 0.25) is 0 Å². The number of aromatic nitrogens is 1. The first kappa shape index (κ1) is 19.8. The maximum Gasteiger partial charge on any atom is 0.411 e. The Kier molecular flexibility index (Phi) is 6.26. The number of nitrogens with one attached hydrogen (secondary N) is 1. The molecule has 0 radical (unpaired) electrons. The van der Waals surface area contributed by atoms with Crippen LogP contribution in [0.4, 0.5) is 10.5 Å². The van der Waals surface area contributed by atoms with Crippen molar-refractivity contribution in [3.63, 3.8) is 0 Å². The topological polar surface area (TPSA) is 51.2 Å². The fraction of sp³-hybridized carbons (Fsp3) is 0.545. The molecular weight excluding hydrogens is 388 g/mol. The average Bonchev–Trinajstić information content (AvgIpc) is 3.34. The second-order valence-electron chi connectivity index (χ2n) is 8.00. The summed E-state index contributed by atoms with van der Waals surface area (Å²) in [6.07, 6.45) is 10.6. The molecule has 1 amide bonds. The van der Waals surface area contributed by atoms with Crippen LogP contribution in [-0.4, -0.2) is 22.4 Å². The normalized spacial score (nSPS) is 17.7. The zero-order valence-corrected chi connectivity index (χ0v) is 18.2. The zero-order valence-electron chi connectivity index (χ0n) is 16.6. The summed E-state index contributed by atoms with van der Waals surface area (Å²) in [6.45, 7) is 3.70. The van der Waals surface area contributed by atoms with Gasteiger partial charge in [0.2, 0.25) is 0 Å². The van der Waals surface area contributed by atoms with E-state index in [-0.39, 0.29) is 6.10 Å². The first-order valence-corrected chi connectivity index (χ1v) is 12.0. The molecule has 150 valence electrons. The highest BCUT2D eigenvalue weighted by Gasteiger charge is 2.25. The van der Waals surface area contributed by atoms with Gasteiger partial charge in [0.15, 0.2) is 0 Å². The maximum absolute atomic E-state index is 12.0. The van der Waals surface area contributed by atoms with Gasteiger partial charge < -0.3 is 4.74 Å². The molecule has 2 aliphatic rings. The molecule has 0 bridgehead atoms. The number of benzene rings is 1. The minimum absolute atomic E-state index is 0.130. The number of hydrogen-bond donors (Lipinski definition) is 1. The SMILES string of the molecule is CC(C)OC(=O)Nc1ccc(-c2cnc(C3CCCCC3)s2)c(SC2CC2)c1. The third-order valence-corrected chi connectivity index (χ3v) is 7.72. The molecule has 1 aromatic heterocycles. The van der Waals surface area contributed by atoms with Crippen LogP contribution < -0.4 is 5.32 Å². The summed E-state index contributed by atoms with van der Waals surface area (Å²) in [4.78, 5) is 19.2. The molecule has 2 saturated carbocycles. The second-order valence-corrected chi connectivity index (χ2v) is 10.4. The lowest BCUT2D eigenvalue weighted by Gasteiger charge is -2.18. The van der Waals surface area contributed by atoms with Gasteiger partial charge in [-0.25, -0.2) is 9.78 Å². The van der Waals surface area contributed by atoms with E-state index >= 15 is 0 Å². The number of anilines is 1. The van der Waals surface area contributed by atoms with Gasteiger partial charge in [-0.1, -0.05) is 25.3 Å². The van der Waals surface area contributed by atoms with Crippen LogP contribution in [0.15, 0.2) is 29.3 Å². The molecule has 2 aliphatic carbocycles. The summed E-state index contributed by atoms with van der Waals surface area (Å²) in [6, 6.07) is 6.17. The van der Waals surface area contributed by atoms with Crippen molar-refractivity contribution in [3.05, 3.63) is 29.4 Å². The summed E-state index contributed by atoms with van der Waals surface area (Å²) in [5, 5.41) is 4.84. The van der Waals surface area contributed by atoms with E-state index in [1.165, 1.54) is 65.3 Å². The number of ether oxygens (including phenoxy) is 1. The van der Waals surface area contributed by atoms with E-state index in [0.717, 1.165) is 5.69 Å². The van der Waals surface area contributed by atoms with Crippen LogP contribution in [0.1, 0.15) is 69.7 Å². The van der Waals surface area contributed by atoms with E-state index in [0.29, 0.717) is 11.2 Å². The number of hydrogen-bond acceptors (Lipinski definition) is 5. The van der Waals surface area contributed by atoms with Gasteiger partial charge in [-0.2, -0.15) is 0 Å². The Morgan fingerprint density at radius 3 is 2.71 bits per heavy atom. The van der Waals surface area contributed by atoms with Crippen LogP contribution in [0.25, 0.3) is 10.4 Å². The van der Waals surface area contributed by atoms with Gasteiger partial charge in [-0.15, -0.1) is 23.1 Å². The highest BCUT2D eigenvalue weighted by molar-refractivity contribution is 8.00. The van der Waals surface area contributed by atoms with Crippen molar-refractivity contribution in [2.45, 2.75) is 81.0 Å². The van der Waals surface area contributed by atoms with E-state index in [9.17, 15) is 4.79 Å². The molecule has 2 aromatic rings. The lowest BCUT2D eigenvalue weighted by atomic mass is 9.90. The van der Waals surface area contributed by atoms with E-state index in [1.807, 2.05) is 49.2 Å². The quantitative estimate of drug-likeness (QED) is 0.547. The van der Waals surface area contributed by atoms with Crippen LogP contribution in [0.5, 0.6) is 0 Å². The fourth-order valence-electron chi connectivity index (χ4n) is 3.58. The molecule has 0 atom stereocenters. The van der Waals surface area contributed by atoms with E-state index in [1.54, 1.807) is 0 Å². The molecule has 0 unspecified atom stereocenters. The molecule has 0 spiro atoms. The smallest absolute Gasteiger partial charge is 0.411 e. The van der Waals surface area contributed by atoms with Crippen LogP contribution >= 0.6 is 23.1 Å². The number of nitrogens with zero attached hydrogens (tertiary/aromatic N) is 1. The predicted octanol–water partition coefficient (Wildman–Crippen LogP) is 7.07. The lowest BCUT2D eigenvalue weighted by Crippen LogP contribution is -2.17. The van der Waals surface area contributed by atoms with Crippen molar-refractivity contribution < 1.29 is 9.53 Å². The molecular formula is C22H28N2O2S2. The molecule has 0 aliphatic heterocycles. The van der Waals surface area contributed by atoms with Crippen LogP contribution in [0, 0.1) is 0 Å². The summed E-state index contributed by atoms with van der Waals surface area (Å²) in [5.41, 5.74) is 2.02. The number of carbonyl (C=O) groups excluding carboxylic acids is 1. The van der Waals surface area contributed by atoms with Crippen molar-refractivity contribution in [2.75, 3.05) is 5.32 Å². The summed E-state index contributed by atoms with van der Waals surface area (Å²) in [5.74, 6) is 0.638. The molecule has 1 aromatic carbocycles. The molecule has 6 heteroatoms. The monoisotopic (exact) mass is 416 g/mol. The zero-order chi connectivity index (χ0) is 19.5. The third-order valence-electron chi connectivity index (χ3n) is 5.13. The van der Waals surface area contributed by atoms with Crippen LogP contribution in [-0.2, 0) is 4.74 Å². The minimum atomic E-state index is -0.400. The number of thiazole rings is 1. The van der Waals surface area contributed by atoms with Gasteiger partial charge in [-0.3, -0.25) is 5.32 Å². The van der Waals surface area contributed by atoms with Gasteiger partial charge in [0.1, 0.15) is 0 Å². The van der Waals surface area contributed by atoms with Crippen molar-refractivity contribution in [1.82, 2.24) is 4.98 Å². The lowest BCUT2D eigenvalue weighted by molar-refractivity contribution is 0.130. The first-order valence-electron chi connectivity index (χ1n) is 10.3. The molecule has 2 fully saturated rings. The molecule has 0 saturated heterocycles. The Balaban J connectivity index is 1.55. The van der Waals surface area contributed by atoms with Crippen molar-refractivity contribution in [3.8, 4) is 10.4 Å². The highest BCUT2D eigenvalue weighted by Crippen LogP contribution is 2.46. The Labute approximate surface area is 175 Å². The molecule has 1 N–H and O–H groups in total. The Hall–Kier alpha value is -1.53.